The molecule has 0 aromatic heterocycles. The highest BCUT2D eigenvalue weighted by molar-refractivity contribution is 6.31. The molecule has 0 heterocycles. The van der Waals surface area contributed by atoms with E-state index in [1.165, 1.54) is 0 Å². The van der Waals surface area contributed by atoms with Crippen LogP contribution in [0.15, 0.2) is 12.1 Å². The average Bonchev–Trinajstić information content (AvgIpc) is 2.45. The molecule has 0 fully saturated rings. The molecule has 0 aliphatic heterocycles. The van der Waals surface area contributed by atoms with E-state index in [1.54, 1.807) is 0 Å². The fourth-order valence-corrected chi connectivity index (χ4v) is 2.44. The van der Waals surface area contributed by atoms with Gasteiger partial charge in [-0.2, -0.15) is 0 Å². The van der Waals surface area contributed by atoms with Crippen LogP contribution in [0.25, 0.3) is 0 Å². The Hall–Kier alpha value is -0.770. The minimum atomic E-state index is -0.485. The van der Waals surface area contributed by atoms with Crippen molar-refractivity contribution in [3.63, 3.8) is 0 Å². The number of likely N-dealkylation sites (N-methyl/N-ethyl adjacent to an activating group) is 1. The molecule has 0 saturated heterocycles. The number of aryl methyl sites for hydroxylation is 1. The van der Waals surface area contributed by atoms with E-state index in [1.807, 2.05) is 19.1 Å². The summed E-state index contributed by atoms with van der Waals surface area (Å²) in [5.41, 5.74) is 2.08. The summed E-state index contributed by atoms with van der Waals surface area (Å²) >= 11 is 6.19. The maximum Gasteiger partial charge on any atom is 0.123 e. The fourth-order valence-electron chi connectivity index (χ4n) is 2.27. The average molecular weight is 314 g/mol. The van der Waals surface area contributed by atoms with Crippen LogP contribution in [-0.2, 0) is 0 Å². The van der Waals surface area contributed by atoms with E-state index in [2.05, 4.69) is 32.6 Å². The zero-order valence-electron chi connectivity index (χ0n) is 13.8. The summed E-state index contributed by atoms with van der Waals surface area (Å²) in [5, 5.41) is 10.9. The molecule has 120 valence electrons. The predicted molar refractivity (Wildman–Crippen MR) is 89.6 cm³/mol. The van der Waals surface area contributed by atoms with Gasteiger partial charge in [0.25, 0.3) is 0 Å². The number of benzene rings is 1. The van der Waals surface area contributed by atoms with E-state index in [9.17, 15) is 5.11 Å². The van der Waals surface area contributed by atoms with Gasteiger partial charge in [0, 0.05) is 11.6 Å². The minimum absolute atomic E-state index is 0.303. The lowest BCUT2D eigenvalue weighted by Crippen LogP contribution is -2.35. The van der Waals surface area contributed by atoms with E-state index in [4.69, 9.17) is 16.3 Å². The molecular weight excluding hydrogens is 286 g/mol. The summed E-state index contributed by atoms with van der Waals surface area (Å²) in [6.07, 6.45) is -0.485. The van der Waals surface area contributed by atoms with Gasteiger partial charge in [-0.25, -0.2) is 0 Å². The molecule has 0 amide bonds. The second kappa shape index (κ2) is 8.62. The number of nitrogens with zero attached hydrogens (tertiary/aromatic N) is 1. The first-order valence-corrected chi connectivity index (χ1v) is 8.10. The first-order chi connectivity index (χ1) is 9.88. The van der Waals surface area contributed by atoms with E-state index < -0.39 is 6.10 Å². The molecule has 0 bridgehead atoms. The van der Waals surface area contributed by atoms with Crippen molar-refractivity contribution in [3.8, 4) is 5.75 Å². The molecule has 21 heavy (non-hydrogen) atoms. The second-order valence-electron chi connectivity index (χ2n) is 5.74. The Morgan fingerprint density at radius 2 is 1.86 bits per heavy atom. The normalized spacial score (nSPS) is 13.0. The standard InChI is InChI=1S/C17H28ClNO2/c1-6-19(7-2)10-14(20)11-21-17-8-13(5)16(18)9-15(17)12(3)4/h8-9,12,14,20H,6-7,10-11H2,1-5H3/t14-/m0/s1. The van der Waals surface area contributed by atoms with Crippen LogP contribution in [0.1, 0.15) is 44.7 Å². The Morgan fingerprint density at radius 3 is 2.38 bits per heavy atom. The predicted octanol–water partition coefficient (Wildman–Crippen LogP) is 3.85. The third-order valence-corrected chi connectivity index (χ3v) is 4.11. The quantitative estimate of drug-likeness (QED) is 0.791. The summed E-state index contributed by atoms with van der Waals surface area (Å²) < 4.78 is 5.85. The van der Waals surface area contributed by atoms with Crippen LogP contribution in [0.3, 0.4) is 0 Å². The zero-order chi connectivity index (χ0) is 16.0. The van der Waals surface area contributed by atoms with Crippen molar-refractivity contribution in [1.82, 2.24) is 4.90 Å². The first-order valence-electron chi connectivity index (χ1n) is 7.72. The molecule has 0 saturated carbocycles. The summed E-state index contributed by atoms with van der Waals surface area (Å²) in [6, 6.07) is 3.93. The number of ether oxygens (including phenoxy) is 1. The fraction of sp³-hybridized carbons (Fsp3) is 0.647. The zero-order valence-corrected chi connectivity index (χ0v) is 14.6. The molecule has 3 nitrogen and oxygen atoms in total. The summed E-state index contributed by atoms with van der Waals surface area (Å²) in [7, 11) is 0. The SMILES string of the molecule is CCN(CC)C[C@H](O)COc1cc(C)c(Cl)cc1C(C)C. The number of hydrogen-bond donors (Lipinski definition) is 1. The maximum atomic E-state index is 10.1. The summed E-state index contributed by atoms with van der Waals surface area (Å²) in [5.74, 6) is 1.16. The van der Waals surface area contributed by atoms with Gasteiger partial charge < -0.3 is 14.7 Å². The number of hydrogen-bond acceptors (Lipinski definition) is 3. The van der Waals surface area contributed by atoms with Gasteiger partial charge in [-0.05, 0) is 49.2 Å². The van der Waals surface area contributed by atoms with Crippen LogP contribution < -0.4 is 4.74 Å². The molecule has 0 aliphatic rings. The van der Waals surface area contributed by atoms with E-state index in [-0.39, 0.29) is 0 Å². The van der Waals surface area contributed by atoms with Crippen molar-refractivity contribution in [1.29, 1.82) is 0 Å². The highest BCUT2D eigenvalue weighted by atomic mass is 35.5. The minimum Gasteiger partial charge on any atom is -0.491 e. The molecule has 4 heteroatoms. The van der Waals surface area contributed by atoms with Gasteiger partial charge in [0.2, 0.25) is 0 Å². The van der Waals surface area contributed by atoms with Gasteiger partial charge in [0.15, 0.2) is 0 Å². The maximum absolute atomic E-state index is 10.1. The molecule has 0 aliphatic carbocycles. The van der Waals surface area contributed by atoms with Crippen molar-refractivity contribution in [3.05, 3.63) is 28.3 Å². The summed E-state index contributed by atoms with van der Waals surface area (Å²) in [6.45, 7) is 13.2. The highest BCUT2D eigenvalue weighted by Gasteiger charge is 2.14. The third-order valence-electron chi connectivity index (χ3n) is 3.71. The lowest BCUT2D eigenvalue weighted by atomic mass is 10.0. The Bertz CT molecular complexity index is 445. The monoisotopic (exact) mass is 313 g/mol. The van der Waals surface area contributed by atoms with Crippen molar-refractivity contribution in [2.45, 2.75) is 46.6 Å². The van der Waals surface area contributed by atoms with Crippen LogP contribution in [0.2, 0.25) is 5.02 Å². The topological polar surface area (TPSA) is 32.7 Å². The van der Waals surface area contributed by atoms with Gasteiger partial charge in [-0.1, -0.05) is 39.3 Å². The van der Waals surface area contributed by atoms with Crippen molar-refractivity contribution >= 4 is 11.6 Å². The van der Waals surface area contributed by atoms with Crippen LogP contribution in [0, 0.1) is 6.92 Å². The lowest BCUT2D eigenvalue weighted by molar-refractivity contribution is 0.0712. The van der Waals surface area contributed by atoms with Gasteiger partial charge in [0.1, 0.15) is 18.5 Å². The van der Waals surface area contributed by atoms with Crippen LogP contribution in [-0.4, -0.2) is 42.4 Å². The molecule has 1 aromatic rings. The Morgan fingerprint density at radius 1 is 1.24 bits per heavy atom. The summed E-state index contributed by atoms with van der Waals surface area (Å²) in [4.78, 5) is 2.19. The van der Waals surface area contributed by atoms with Crippen molar-refractivity contribution in [2.24, 2.45) is 0 Å². The Kier molecular flexibility index (Phi) is 7.50. The number of aliphatic hydroxyl groups is 1. The van der Waals surface area contributed by atoms with E-state index >= 15 is 0 Å². The Labute approximate surface area is 133 Å². The number of rotatable bonds is 8. The Balaban J connectivity index is 2.72. The van der Waals surface area contributed by atoms with Crippen molar-refractivity contribution in [2.75, 3.05) is 26.2 Å². The molecule has 0 unspecified atom stereocenters. The van der Waals surface area contributed by atoms with Crippen LogP contribution in [0.4, 0.5) is 0 Å². The van der Waals surface area contributed by atoms with Gasteiger partial charge in [-0.15, -0.1) is 0 Å². The first kappa shape index (κ1) is 18.3. The van der Waals surface area contributed by atoms with E-state index in [0.29, 0.717) is 19.1 Å². The van der Waals surface area contributed by atoms with Crippen molar-refractivity contribution < 1.29 is 9.84 Å². The van der Waals surface area contributed by atoms with Gasteiger partial charge in [0.05, 0.1) is 0 Å². The number of halogens is 1. The lowest BCUT2D eigenvalue weighted by Gasteiger charge is -2.23. The van der Waals surface area contributed by atoms with Crippen LogP contribution >= 0.6 is 11.6 Å². The van der Waals surface area contributed by atoms with Gasteiger partial charge >= 0.3 is 0 Å². The van der Waals surface area contributed by atoms with Crippen LogP contribution in [0.5, 0.6) is 5.75 Å². The molecular formula is C17H28ClNO2. The molecule has 1 N–H and O–H groups in total. The molecule has 0 radical (unpaired) electrons. The number of aliphatic hydroxyl groups excluding tert-OH is 1. The van der Waals surface area contributed by atoms with E-state index in [0.717, 1.165) is 35.0 Å². The molecule has 0 spiro atoms. The highest BCUT2D eigenvalue weighted by Crippen LogP contribution is 2.32. The second-order valence-corrected chi connectivity index (χ2v) is 6.15. The molecule has 1 aromatic carbocycles. The molecule has 1 rings (SSSR count). The largest absolute Gasteiger partial charge is 0.491 e. The third kappa shape index (κ3) is 5.50. The smallest absolute Gasteiger partial charge is 0.123 e. The van der Waals surface area contributed by atoms with Gasteiger partial charge in [-0.3, -0.25) is 0 Å². The molecule has 1 atom stereocenters.